The molecule has 1 amide bonds. The van der Waals surface area contributed by atoms with E-state index in [0.717, 1.165) is 45.2 Å². The number of amides is 1. The van der Waals surface area contributed by atoms with Gasteiger partial charge in [0.25, 0.3) is 0 Å². The molecule has 0 aromatic carbocycles. The molecule has 2 fully saturated rings. The molecule has 0 saturated carbocycles. The van der Waals surface area contributed by atoms with Crippen LogP contribution in [0.1, 0.15) is 19.8 Å². The third kappa shape index (κ3) is 5.57. The molecule has 0 aliphatic carbocycles. The summed E-state index contributed by atoms with van der Waals surface area (Å²) in [5, 5.41) is 0. The van der Waals surface area contributed by atoms with E-state index in [-0.39, 0.29) is 5.91 Å². The molecule has 2 heterocycles. The molecule has 0 aromatic heterocycles. The average Bonchev–Trinajstić information content (AvgIpc) is 2.66. The summed E-state index contributed by atoms with van der Waals surface area (Å²) in [4.78, 5) is 19.0. The summed E-state index contributed by atoms with van der Waals surface area (Å²) in [5.41, 5.74) is 0. The summed E-state index contributed by atoms with van der Waals surface area (Å²) in [5.74, 6) is 1.51. The van der Waals surface area contributed by atoms with E-state index in [1.54, 1.807) is 0 Å². The fourth-order valence-corrected chi connectivity index (χ4v) is 3.25. The van der Waals surface area contributed by atoms with Gasteiger partial charge in [-0.05, 0) is 45.9 Å². The number of carbonyl (C=O) groups excluding carboxylic acids is 1. The van der Waals surface area contributed by atoms with Crippen molar-refractivity contribution in [2.75, 3.05) is 66.6 Å². The number of rotatable bonds is 4. The fourth-order valence-electron chi connectivity index (χ4n) is 3.25. The predicted molar refractivity (Wildman–Crippen MR) is 84.3 cm³/mol. The molecule has 0 radical (unpaired) electrons. The minimum Gasteiger partial charge on any atom is -0.379 e. The first kappa shape index (κ1) is 16.7. The number of piperidine rings is 1. The summed E-state index contributed by atoms with van der Waals surface area (Å²) in [6, 6.07) is 0. The van der Waals surface area contributed by atoms with Crippen LogP contribution in [0.5, 0.6) is 0 Å². The van der Waals surface area contributed by atoms with Crippen LogP contribution in [0.15, 0.2) is 0 Å². The number of ether oxygens (including phenoxy) is 1. The Morgan fingerprint density at radius 1 is 1.24 bits per heavy atom. The van der Waals surface area contributed by atoms with E-state index in [1.807, 2.05) is 4.90 Å². The average molecular weight is 297 g/mol. The lowest BCUT2D eigenvalue weighted by Gasteiger charge is -2.32. The minimum absolute atomic E-state index is 0.277. The minimum atomic E-state index is 0.277. The summed E-state index contributed by atoms with van der Waals surface area (Å²) in [6.07, 6.45) is 2.44. The Morgan fingerprint density at radius 2 is 1.95 bits per heavy atom. The van der Waals surface area contributed by atoms with Crippen molar-refractivity contribution in [1.82, 2.24) is 14.7 Å². The number of likely N-dealkylation sites (tertiary alicyclic amines) is 1. The van der Waals surface area contributed by atoms with Gasteiger partial charge < -0.3 is 14.5 Å². The zero-order valence-electron chi connectivity index (χ0n) is 13.9. The molecule has 2 aliphatic heterocycles. The molecule has 2 saturated heterocycles. The van der Waals surface area contributed by atoms with E-state index in [4.69, 9.17) is 4.74 Å². The quantitative estimate of drug-likeness (QED) is 0.767. The Kier molecular flexibility index (Phi) is 6.45. The highest BCUT2D eigenvalue weighted by Crippen LogP contribution is 2.16. The van der Waals surface area contributed by atoms with Crippen molar-refractivity contribution in [1.29, 1.82) is 0 Å². The summed E-state index contributed by atoms with van der Waals surface area (Å²) in [7, 11) is 4.15. The van der Waals surface area contributed by atoms with Gasteiger partial charge in [-0.1, -0.05) is 6.92 Å². The summed E-state index contributed by atoms with van der Waals surface area (Å²) in [6.45, 7) is 9.02. The molecule has 2 aliphatic rings. The van der Waals surface area contributed by atoms with Crippen molar-refractivity contribution in [3.05, 3.63) is 0 Å². The van der Waals surface area contributed by atoms with Gasteiger partial charge in [0, 0.05) is 25.6 Å². The second-order valence-corrected chi connectivity index (χ2v) is 7.00. The third-order valence-corrected chi connectivity index (χ3v) is 4.55. The van der Waals surface area contributed by atoms with E-state index >= 15 is 0 Å². The van der Waals surface area contributed by atoms with Gasteiger partial charge in [0.05, 0.1) is 19.8 Å². The smallest absolute Gasteiger partial charge is 0.236 e. The van der Waals surface area contributed by atoms with E-state index in [0.29, 0.717) is 19.1 Å². The second kappa shape index (κ2) is 8.11. The zero-order chi connectivity index (χ0) is 15.2. The summed E-state index contributed by atoms with van der Waals surface area (Å²) >= 11 is 0. The highest BCUT2D eigenvalue weighted by atomic mass is 16.5. The lowest BCUT2D eigenvalue weighted by molar-refractivity contribution is -0.133. The third-order valence-electron chi connectivity index (χ3n) is 4.55. The van der Waals surface area contributed by atoms with Crippen LogP contribution in [0.25, 0.3) is 0 Å². The number of carbonyl (C=O) groups is 1. The molecule has 0 N–H and O–H groups in total. The zero-order valence-corrected chi connectivity index (χ0v) is 13.9. The van der Waals surface area contributed by atoms with Crippen LogP contribution in [-0.4, -0.2) is 87.2 Å². The van der Waals surface area contributed by atoms with E-state index in [1.165, 1.54) is 12.8 Å². The van der Waals surface area contributed by atoms with Gasteiger partial charge in [-0.2, -0.15) is 0 Å². The molecule has 21 heavy (non-hydrogen) atoms. The Hall–Kier alpha value is -0.650. The van der Waals surface area contributed by atoms with Gasteiger partial charge in [0.2, 0.25) is 5.91 Å². The van der Waals surface area contributed by atoms with Crippen molar-refractivity contribution in [2.24, 2.45) is 11.8 Å². The Balaban J connectivity index is 1.82. The van der Waals surface area contributed by atoms with Crippen molar-refractivity contribution in [3.8, 4) is 0 Å². The monoisotopic (exact) mass is 297 g/mol. The lowest BCUT2D eigenvalue weighted by atomic mass is 9.99. The van der Waals surface area contributed by atoms with Crippen LogP contribution in [0.2, 0.25) is 0 Å². The van der Waals surface area contributed by atoms with Crippen molar-refractivity contribution in [2.45, 2.75) is 19.8 Å². The largest absolute Gasteiger partial charge is 0.379 e. The first-order chi connectivity index (χ1) is 10.0. The van der Waals surface area contributed by atoms with Gasteiger partial charge in [-0.15, -0.1) is 0 Å². The Morgan fingerprint density at radius 3 is 2.62 bits per heavy atom. The van der Waals surface area contributed by atoms with Crippen LogP contribution in [0.4, 0.5) is 0 Å². The number of hydrogen-bond donors (Lipinski definition) is 0. The normalized spacial score (nSPS) is 26.1. The molecule has 122 valence electrons. The van der Waals surface area contributed by atoms with Crippen LogP contribution in [0, 0.1) is 11.8 Å². The van der Waals surface area contributed by atoms with E-state index in [2.05, 4.69) is 30.8 Å². The molecular formula is C16H31N3O2. The van der Waals surface area contributed by atoms with Gasteiger partial charge in [-0.3, -0.25) is 9.69 Å². The van der Waals surface area contributed by atoms with Crippen molar-refractivity contribution < 1.29 is 9.53 Å². The van der Waals surface area contributed by atoms with E-state index in [9.17, 15) is 4.79 Å². The summed E-state index contributed by atoms with van der Waals surface area (Å²) < 4.78 is 5.66. The molecule has 5 nitrogen and oxygen atoms in total. The molecule has 0 bridgehead atoms. The number of hydrogen-bond acceptors (Lipinski definition) is 4. The van der Waals surface area contributed by atoms with Crippen LogP contribution >= 0.6 is 0 Å². The predicted octanol–water partition coefficient (Wildman–Crippen LogP) is 0.755. The van der Waals surface area contributed by atoms with Crippen molar-refractivity contribution in [3.63, 3.8) is 0 Å². The SMILES string of the molecule is CC1CCN(CC(=O)N2CCOCC(CN(C)C)C2)CC1. The highest BCUT2D eigenvalue weighted by Gasteiger charge is 2.25. The maximum Gasteiger partial charge on any atom is 0.236 e. The maximum atomic E-state index is 12.5. The molecule has 0 spiro atoms. The van der Waals surface area contributed by atoms with Crippen LogP contribution < -0.4 is 0 Å². The molecular weight excluding hydrogens is 266 g/mol. The molecule has 5 heteroatoms. The van der Waals surface area contributed by atoms with Gasteiger partial charge in [-0.25, -0.2) is 0 Å². The van der Waals surface area contributed by atoms with Crippen LogP contribution in [0.3, 0.4) is 0 Å². The molecule has 1 unspecified atom stereocenters. The molecule has 0 aromatic rings. The first-order valence-electron chi connectivity index (χ1n) is 8.27. The standard InChI is InChI=1S/C16H31N3O2/c1-14-4-6-18(7-5-14)12-16(20)19-8-9-21-13-15(11-19)10-17(2)3/h14-15H,4-13H2,1-3H3. The highest BCUT2D eigenvalue weighted by molar-refractivity contribution is 5.78. The second-order valence-electron chi connectivity index (χ2n) is 7.00. The first-order valence-corrected chi connectivity index (χ1v) is 8.27. The fraction of sp³-hybridized carbons (Fsp3) is 0.938. The van der Waals surface area contributed by atoms with Crippen LogP contribution in [-0.2, 0) is 9.53 Å². The molecule has 2 rings (SSSR count). The van der Waals surface area contributed by atoms with Gasteiger partial charge >= 0.3 is 0 Å². The Labute approximate surface area is 129 Å². The van der Waals surface area contributed by atoms with Crippen molar-refractivity contribution >= 4 is 5.91 Å². The van der Waals surface area contributed by atoms with Gasteiger partial charge in [0.15, 0.2) is 0 Å². The topological polar surface area (TPSA) is 36.0 Å². The van der Waals surface area contributed by atoms with E-state index < -0.39 is 0 Å². The lowest BCUT2D eigenvalue weighted by Crippen LogP contribution is -2.45. The number of nitrogens with zero attached hydrogens (tertiary/aromatic N) is 3. The molecule has 1 atom stereocenters. The Bertz CT molecular complexity index is 327. The maximum absolute atomic E-state index is 12.5. The van der Waals surface area contributed by atoms with Gasteiger partial charge in [0.1, 0.15) is 0 Å².